The molecule has 1 aromatic carbocycles. The topological polar surface area (TPSA) is 212 Å². The fourth-order valence-electron chi connectivity index (χ4n) is 5.14. The summed E-state index contributed by atoms with van der Waals surface area (Å²) in [6.45, 7) is 1.36. The van der Waals surface area contributed by atoms with Crippen LogP contribution in [0.5, 0.6) is 0 Å². The van der Waals surface area contributed by atoms with Crippen LogP contribution in [0, 0.1) is 5.92 Å². The van der Waals surface area contributed by atoms with Crippen molar-refractivity contribution in [1.82, 2.24) is 16.0 Å². The maximum absolute atomic E-state index is 13.9. The molecule has 1 aliphatic carbocycles. The Morgan fingerprint density at radius 2 is 1.64 bits per heavy atom. The van der Waals surface area contributed by atoms with Gasteiger partial charge in [-0.25, -0.2) is 9.59 Å². The van der Waals surface area contributed by atoms with Crippen LogP contribution in [0.25, 0.3) is 0 Å². The maximum Gasteiger partial charge on any atom is 0.351 e. The van der Waals surface area contributed by atoms with E-state index in [1.807, 2.05) is 0 Å². The highest BCUT2D eigenvalue weighted by Crippen LogP contribution is 2.49. The monoisotopic (exact) mass is 637 g/mol. The van der Waals surface area contributed by atoms with Gasteiger partial charge in [-0.15, -0.1) is 0 Å². The van der Waals surface area contributed by atoms with Crippen molar-refractivity contribution in [3.8, 4) is 0 Å². The summed E-state index contributed by atoms with van der Waals surface area (Å²) in [7, 11) is -4.79. The molecule has 1 aromatic rings. The minimum atomic E-state index is -4.79. The molecule has 2 amide bonds. The van der Waals surface area contributed by atoms with Crippen LogP contribution < -0.4 is 27.4 Å². The Morgan fingerprint density at radius 3 is 2.23 bits per heavy atom. The van der Waals surface area contributed by atoms with Gasteiger partial charge in [0.15, 0.2) is 6.10 Å². The molecule has 4 unspecified atom stereocenters. The average molecular weight is 638 g/mol. The number of amides is 2. The fourth-order valence-corrected chi connectivity index (χ4v) is 6.57. The summed E-state index contributed by atoms with van der Waals surface area (Å²) in [4.78, 5) is 63.2. The van der Waals surface area contributed by atoms with E-state index in [9.17, 15) is 28.6 Å². The molecule has 5 atom stereocenters. The van der Waals surface area contributed by atoms with Gasteiger partial charge < -0.3 is 37.0 Å². The molecule has 0 spiro atoms. The van der Waals surface area contributed by atoms with Crippen LogP contribution >= 0.6 is 7.60 Å². The standard InChI is InChI=1S/C30H48N5O8P/c31-17-6-4-14-23(34-27(36)22-12-8-13-22)28(37)35-26(20-21-10-2-1-3-11-21)44(40,41)43-25(16-5-7-18-32)30(39)42-29(38)24-15-9-19-33-24/h1-3,10-11,22-26,33H,4-9,12-20,31-32H2,(H,34,36)(H,35,37)(H,40,41)/t23?,24-,25?,26?/m0/s1. The van der Waals surface area contributed by atoms with Crippen molar-refractivity contribution in [1.29, 1.82) is 0 Å². The van der Waals surface area contributed by atoms with Crippen molar-refractivity contribution in [3.05, 3.63) is 35.9 Å². The Morgan fingerprint density at radius 1 is 0.955 bits per heavy atom. The number of esters is 2. The van der Waals surface area contributed by atoms with Gasteiger partial charge in [-0.3, -0.25) is 18.7 Å². The second-order valence-corrected chi connectivity index (χ2v) is 13.5. The molecule has 1 aliphatic heterocycles. The second-order valence-electron chi connectivity index (χ2n) is 11.5. The summed E-state index contributed by atoms with van der Waals surface area (Å²) in [5, 5.41) is 8.40. The van der Waals surface area contributed by atoms with E-state index >= 15 is 0 Å². The van der Waals surface area contributed by atoms with Gasteiger partial charge in [0.2, 0.25) is 11.8 Å². The Balaban J connectivity index is 1.80. The van der Waals surface area contributed by atoms with E-state index in [-0.39, 0.29) is 24.7 Å². The molecule has 2 aliphatic rings. The number of nitrogens with two attached hydrogens (primary N) is 2. The molecule has 14 heteroatoms. The lowest BCUT2D eigenvalue weighted by atomic mass is 9.84. The molecule has 0 bridgehead atoms. The molecule has 44 heavy (non-hydrogen) atoms. The number of carbonyl (C=O) groups is 4. The first-order valence-corrected chi connectivity index (χ1v) is 17.3. The summed E-state index contributed by atoms with van der Waals surface area (Å²) < 4.78 is 24.5. The normalized spacial score (nSPS) is 20.0. The van der Waals surface area contributed by atoms with Crippen LogP contribution in [0.1, 0.15) is 76.2 Å². The smallest absolute Gasteiger partial charge is 0.351 e. The molecule has 13 nitrogen and oxygen atoms in total. The molecule has 2 fully saturated rings. The molecule has 1 heterocycles. The summed E-state index contributed by atoms with van der Waals surface area (Å²) in [6.07, 6.45) is 4.44. The summed E-state index contributed by atoms with van der Waals surface area (Å²) in [5.41, 5.74) is 11.9. The minimum Gasteiger partial charge on any atom is -0.390 e. The predicted molar refractivity (Wildman–Crippen MR) is 164 cm³/mol. The lowest BCUT2D eigenvalue weighted by molar-refractivity contribution is -0.166. The Bertz CT molecular complexity index is 1130. The van der Waals surface area contributed by atoms with Gasteiger partial charge in [-0.2, -0.15) is 0 Å². The van der Waals surface area contributed by atoms with E-state index in [0.717, 1.165) is 25.7 Å². The van der Waals surface area contributed by atoms with E-state index in [0.29, 0.717) is 63.7 Å². The van der Waals surface area contributed by atoms with Crippen LogP contribution in [0.15, 0.2) is 30.3 Å². The molecule has 1 saturated heterocycles. The quantitative estimate of drug-likeness (QED) is 0.0555. The Labute approximate surface area is 259 Å². The summed E-state index contributed by atoms with van der Waals surface area (Å²) in [5.74, 6) is -4.34. The zero-order valence-electron chi connectivity index (χ0n) is 25.3. The third-order valence-corrected chi connectivity index (χ3v) is 9.69. The van der Waals surface area contributed by atoms with Crippen LogP contribution in [-0.4, -0.2) is 72.3 Å². The number of unbranched alkanes of at least 4 members (excludes halogenated alkanes) is 2. The van der Waals surface area contributed by atoms with Crippen LogP contribution in [-0.2, 0) is 39.4 Å². The number of rotatable bonds is 19. The maximum atomic E-state index is 13.9. The molecule has 246 valence electrons. The van der Waals surface area contributed by atoms with E-state index in [4.69, 9.17) is 20.7 Å². The number of nitrogens with one attached hydrogen (secondary N) is 3. The second kappa shape index (κ2) is 18.3. The zero-order chi connectivity index (χ0) is 32.0. The Hall–Kier alpha value is -2.67. The minimum absolute atomic E-state index is 0.0167. The van der Waals surface area contributed by atoms with Crippen molar-refractivity contribution in [2.45, 2.75) is 101 Å². The van der Waals surface area contributed by atoms with E-state index in [2.05, 4.69) is 16.0 Å². The highest BCUT2D eigenvalue weighted by molar-refractivity contribution is 7.53. The average Bonchev–Trinajstić information content (AvgIpc) is 3.51. The van der Waals surface area contributed by atoms with Crippen LogP contribution in [0.2, 0.25) is 0 Å². The molecule has 0 radical (unpaired) electrons. The third kappa shape index (κ3) is 11.4. The van der Waals surface area contributed by atoms with Gasteiger partial charge in [0.25, 0.3) is 0 Å². The number of carbonyl (C=O) groups excluding carboxylic acids is 4. The van der Waals surface area contributed by atoms with Crippen LogP contribution in [0.3, 0.4) is 0 Å². The summed E-state index contributed by atoms with van der Waals surface area (Å²) in [6, 6.07) is 7.17. The molecule has 3 rings (SSSR count). The first-order valence-electron chi connectivity index (χ1n) is 15.7. The van der Waals surface area contributed by atoms with Crippen molar-refractivity contribution in [3.63, 3.8) is 0 Å². The van der Waals surface area contributed by atoms with Crippen LogP contribution in [0.4, 0.5) is 0 Å². The number of hydrogen-bond donors (Lipinski definition) is 6. The largest absolute Gasteiger partial charge is 0.390 e. The van der Waals surface area contributed by atoms with Gasteiger partial charge in [0.1, 0.15) is 17.9 Å². The first kappa shape index (κ1) is 35.8. The fraction of sp³-hybridized carbons (Fsp3) is 0.667. The van der Waals surface area contributed by atoms with E-state index < -0.39 is 49.4 Å². The zero-order valence-corrected chi connectivity index (χ0v) is 26.2. The molecular formula is C30H48N5O8P. The lowest BCUT2D eigenvalue weighted by Gasteiger charge is -2.30. The molecule has 8 N–H and O–H groups in total. The summed E-state index contributed by atoms with van der Waals surface area (Å²) >= 11 is 0. The van der Waals surface area contributed by atoms with E-state index in [1.54, 1.807) is 30.3 Å². The lowest BCUT2D eigenvalue weighted by Crippen LogP contribution is -2.52. The van der Waals surface area contributed by atoms with Crippen molar-refractivity contribution < 1.29 is 37.9 Å². The highest BCUT2D eigenvalue weighted by atomic mass is 31.2. The molecule has 1 saturated carbocycles. The van der Waals surface area contributed by atoms with Gasteiger partial charge in [-0.05, 0) is 89.4 Å². The van der Waals surface area contributed by atoms with Gasteiger partial charge in [0, 0.05) is 12.3 Å². The van der Waals surface area contributed by atoms with E-state index in [1.165, 1.54) is 0 Å². The number of hydrogen-bond acceptors (Lipinski definition) is 10. The molecular weight excluding hydrogens is 589 g/mol. The first-order chi connectivity index (χ1) is 21.1. The third-order valence-electron chi connectivity index (χ3n) is 8.04. The number of benzene rings is 1. The predicted octanol–water partition coefficient (Wildman–Crippen LogP) is 1.61. The van der Waals surface area contributed by atoms with Gasteiger partial charge in [-0.1, -0.05) is 36.8 Å². The van der Waals surface area contributed by atoms with Gasteiger partial charge in [0.05, 0.1) is 0 Å². The van der Waals surface area contributed by atoms with Gasteiger partial charge >= 0.3 is 19.5 Å². The SMILES string of the molecule is NCCCCC(NC(=O)C1CCC1)C(=O)NC(Cc1ccccc1)P(=O)(O)OC(CCCCN)C(=O)OC(=O)[C@@H]1CCCN1. The highest BCUT2D eigenvalue weighted by Gasteiger charge is 2.41. The van der Waals surface area contributed by atoms with Crippen molar-refractivity contribution >= 4 is 31.3 Å². The van der Waals surface area contributed by atoms with Crippen molar-refractivity contribution in [2.75, 3.05) is 19.6 Å². The number of ether oxygens (including phenoxy) is 1. The Kier molecular flexibility index (Phi) is 14.9. The van der Waals surface area contributed by atoms with Crippen molar-refractivity contribution in [2.24, 2.45) is 17.4 Å². The molecule has 0 aromatic heterocycles.